The van der Waals surface area contributed by atoms with Crippen LogP contribution in [0.25, 0.3) is 0 Å². The van der Waals surface area contributed by atoms with Crippen molar-refractivity contribution in [3.63, 3.8) is 0 Å². The van der Waals surface area contributed by atoms with E-state index >= 15 is 0 Å². The first-order chi connectivity index (χ1) is 9.44. The molecule has 20 heavy (non-hydrogen) atoms. The fourth-order valence-electron chi connectivity index (χ4n) is 1.60. The molecule has 0 aliphatic carbocycles. The Hall–Kier alpha value is -1.02. The summed E-state index contributed by atoms with van der Waals surface area (Å²) in [5, 5.41) is 0. The van der Waals surface area contributed by atoms with E-state index in [4.69, 9.17) is 5.73 Å². The van der Waals surface area contributed by atoms with E-state index in [1.807, 2.05) is 24.3 Å². The van der Waals surface area contributed by atoms with Crippen LogP contribution in [0, 0.1) is 0 Å². The van der Waals surface area contributed by atoms with Crippen molar-refractivity contribution in [2.75, 3.05) is 12.8 Å². The van der Waals surface area contributed by atoms with E-state index < -0.39 is 10.0 Å². The van der Waals surface area contributed by atoms with E-state index in [0.29, 0.717) is 0 Å². The van der Waals surface area contributed by atoms with Crippen molar-refractivity contribution in [3.8, 4) is 0 Å². The Morgan fingerprint density at radius 3 is 2.50 bits per heavy atom. The third-order valence-corrected chi connectivity index (χ3v) is 6.11. The van der Waals surface area contributed by atoms with Gasteiger partial charge < -0.3 is 5.73 Å². The number of anilines is 1. The number of hydrogen-bond donors (Lipinski definition) is 2. The highest BCUT2D eigenvalue weighted by Crippen LogP contribution is 2.35. The molecule has 0 fully saturated rings. The molecule has 2 aromatic carbocycles. The van der Waals surface area contributed by atoms with Crippen LogP contribution in [0.1, 0.15) is 0 Å². The van der Waals surface area contributed by atoms with E-state index in [-0.39, 0.29) is 10.6 Å². The van der Waals surface area contributed by atoms with Crippen molar-refractivity contribution in [3.05, 3.63) is 46.9 Å². The zero-order chi connectivity index (χ0) is 14.8. The van der Waals surface area contributed by atoms with Crippen molar-refractivity contribution in [1.29, 1.82) is 0 Å². The van der Waals surface area contributed by atoms with E-state index in [9.17, 15) is 8.42 Å². The van der Waals surface area contributed by atoms with Crippen LogP contribution >= 0.6 is 27.7 Å². The number of rotatable bonds is 4. The molecule has 0 atom stereocenters. The van der Waals surface area contributed by atoms with Crippen LogP contribution in [0.4, 0.5) is 5.69 Å². The van der Waals surface area contributed by atoms with E-state index in [1.54, 1.807) is 12.1 Å². The molecule has 0 unspecified atom stereocenters. The number of sulfonamides is 1. The number of nitrogens with two attached hydrogens (primary N) is 1. The molecule has 106 valence electrons. The molecule has 7 heteroatoms. The summed E-state index contributed by atoms with van der Waals surface area (Å²) in [6.45, 7) is 0. The molecule has 0 radical (unpaired) electrons. The molecule has 2 rings (SSSR count). The molecule has 3 N–H and O–H groups in total. The number of nitrogen functional groups attached to an aromatic ring is 1. The minimum absolute atomic E-state index is 0.0940. The second-order valence-electron chi connectivity index (χ2n) is 3.94. The second kappa shape index (κ2) is 6.17. The number of nitrogens with one attached hydrogen (secondary N) is 1. The largest absolute Gasteiger partial charge is 0.398 e. The average Bonchev–Trinajstić information content (AvgIpc) is 2.41. The van der Waals surface area contributed by atoms with Gasteiger partial charge in [0.1, 0.15) is 4.90 Å². The molecule has 0 heterocycles. The highest BCUT2D eigenvalue weighted by atomic mass is 79.9. The summed E-state index contributed by atoms with van der Waals surface area (Å²) in [6, 6.07) is 12.7. The Morgan fingerprint density at radius 1 is 1.20 bits per heavy atom. The van der Waals surface area contributed by atoms with Gasteiger partial charge in [0.05, 0.1) is 5.69 Å². The van der Waals surface area contributed by atoms with Gasteiger partial charge in [-0.1, -0.05) is 23.9 Å². The van der Waals surface area contributed by atoms with Crippen molar-refractivity contribution in [2.45, 2.75) is 14.7 Å². The highest BCUT2D eigenvalue weighted by Gasteiger charge is 2.15. The monoisotopic (exact) mass is 372 g/mol. The van der Waals surface area contributed by atoms with Gasteiger partial charge in [-0.2, -0.15) is 0 Å². The normalized spacial score (nSPS) is 11.5. The molecule has 4 nitrogen and oxygen atoms in total. The predicted molar refractivity (Wildman–Crippen MR) is 85.4 cm³/mol. The van der Waals surface area contributed by atoms with Crippen LogP contribution in [-0.2, 0) is 10.0 Å². The topological polar surface area (TPSA) is 72.2 Å². The molecule has 0 aliphatic rings. The fraction of sp³-hybridized carbons (Fsp3) is 0.0769. The first-order valence-electron chi connectivity index (χ1n) is 5.69. The lowest BCUT2D eigenvalue weighted by molar-refractivity contribution is 0.588. The van der Waals surface area contributed by atoms with Gasteiger partial charge in [-0.05, 0) is 53.3 Å². The van der Waals surface area contributed by atoms with Crippen LogP contribution in [0.5, 0.6) is 0 Å². The van der Waals surface area contributed by atoms with Gasteiger partial charge in [0.2, 0.25) is 10.0 Å². The average molecular weight is 373 g/mol. The van der Waals surface area contributed by atoms with E-state index in [1.165, 1.54) is 24.9 Å². The zero-order valence-corrected chi connectivity index (χ0v) is 13.8. The van der Waals surface area contributed by atoms with Crippen molar-refractivity contribution < 1.29 is 8.42 Å². The summed E-state index contributed by atoms with van der Waals surface area (Å²) >= 11 is 4.98. The van der Waals surface area contributed by atoms with Gasteiger partial charge in [-0.15, -0.1) is 0 Å². The zero-order valence-electron chi connectivity index (χ0n) is 10.6. The molecule has 0 saturated heterocycles. The van der Waals surface area contributed by atoms with Gasteiger partial charge in [0, 0.05) is 14.3 Å². The van der Waals surface area contributed by atoms with Gasteiger partial charge in [0.25, 0.3) is 0 Å². The summed E-state index contributed by atoms with van der Waals surface area (Å²) in [6.07, 6.45) is 0. The Labute approximate surface area is 130 Å². The maximum absolute atomic E-state index is 11.7. The molecule has 0 aromatic heterocycles. The molecule has 0 bridgehead atoms. The standard InChI is InChI=1S/C13H13BrN2O2S2/c1-16-20(17,18)13-7-6-9(8-11(13)15)19-12-5-3-2-4-10(12)14/h2-8,16H,15H2,1H3. The summed E-state index contributed by atoms with van der Waals surface area (Å²) in [7, 11) is -2.16. The fourth-order valence-corrected chi connectivity index (χ4v) is 3.85. The lowest BCUT2D eigenvalue weighted by atomic mass is 10.3. The lowest BCUT2D eigenvalue weighted by Gasteiger charge is -2.09. The van der Waals surface area contributed by atoms with Gasteiger partial charge in [0.15, 0.2) is 0 Å². The molecular weight excluding hydrogens is 360 g/mol. The first kappa shape index (κ1) is 15.4. The summed E-state index contributed by atoms with van der Waals surface area (Å²) in [4.78, 5) is 2.01. The van der Waals surface area contributed by atoms with E-state index in [0.717, 1.165) is 14.3 Å². The van der Waals surface area contributed by atoms with Crippen LogP contribution in [0.2, 0.25) is 0 Å². The maximum atomic E-state index is 11.7. The van der Waals surface area contributed by atoms with Crippen LogP contribution in [0.3, 0.4) is 0 Å². The third-order valence-electron chi connectivity index (χ3n) is 2.60. The second-order valence-corrected chi connectivity index (χ2v) is 7.76. The number of hydrogen-bond acceptors (Lipinski definition) is 4. The summed E-state index contributed by atoms with van der Waals surface area (Å²) in [5.41, 5.74) is 6.06. The summed E-state index contributed by atoms with van der Waals surface area (Å²) < 4.78 is 26.7. The smallest absolute Gasteiger partial charge is 0.242 e. The molecule has 2 aromatic rings. The van der Waals surface area contributed by atoms with Gasteiger partial charge >= 0.3 is 0 Å². The molecule has 0 aliphatic heterocycles. The van der Waals surface area contributed by atoms with Gasteiger partial charge in [-0.25, -0.2) is 13.1 Å². The van der Waals surface area contributed by atoms with Crippen molar-refractivity contribution >= 4 is 43.4 Å². The maximum Gasteiger partial charge on any atom is 0.242 e. The third kappa shape index (κ3) is 3.35. The Kier molecular flexibility index (Phi) is 4.74. The highest BCUT2D eigenvalue weighted by molar-refractivity contribution is 9.10. The quantitative estimate of drug-likeness (QED) is 0.808. The number of halogens is 1. The Balaban J connectivity index is 2.33. The van der Waals surface area contributed by atoms with Crippen LogP contribution < -0.4 is 10.5 Å². The predicted octanol–water partition coefficient (Wildman–Crippen LogP) is 3.09. The van der Waals surface area contributed by atoms with Crippen molar-refractivity contribution in [1.82, 2.24) is 4.72 Å². The van der Waals surface area contributed by atoms with Crippen LogP contribution in [0.15, 0.2) is 61.6 Å². The number of benzene rings is 2. The minimum Gasteiger partial charge on any atom is -0.398 e. The molecular formula is C13H13BrN2O2S2. The lowest BCUT2D eigenvalue weighted by Crippen LogP contribution is -2.19. The first-order valence-corrected chi connectivity index (χ1v) is 8.79. The molecule has 0 spiro atoms. The van der Waals surface area contributed by atoms with Crippen molar-refractivity contribution in [2.24, 2.45) is 0 Å². The molecule has 0 saturated carbocycles. The molecule has 0 amide bonds. The van der Waals surface area contributed by atoms with E-state index in [2.05, 4.69) is 20.7 Å². The summed E-state index contributed by atoms with van der Waals surface area (Å²) in [5.74, 6) is 0. The Morgan fingerprint density at radius 2 is 1.90 bits per heavy atom. The van der Waals surface area contributed by atoms with Crippen LogP contribution in [-0.4, -0.2) is 15.5 Å². The SMILES string of the molecule is CNS(=O)(=O)c1ccc(Sc2ccccc2Br)cc1N. The Bertz CT molecular complexity index is 733. The minimum atomic E-state index is -3.52. The van der Waals surface area contributed by atoms with Gasteiger partial charge in [-0.3, -0.25) is 0 Å².